The zero-order chi connectivity index (χ0) is 24.5. The van der Waals surface area contributed by atoms with Crippen LogP contribution < -0.4 is 4.90 Å². The van der Waals surface area contributed by atoms with E-state index in [-0.39, 0.29) is 12.4 Å². The second-order valence-electron chi connectivity index (χ2n) is 9.28. The number of unbranched alkanes of at least 4 members (excludes halogenated alkanes) is 2. The summed E-state index contributed by atoms with van der Waals surface area (Å²) >= 11 is 0. The number of sulfone groups is 1. The van der Waals surface area contributed by atoms with Gasteiger partial charge in [-0.05, 0) is 54.2 Å². The highest BCUT2D eigenvalue weighted by atomic mass is 32.2. The highest BCUT2D eigenvalue weighted by molar-refractivity contribution is 7.91. The summed E-state index contributed by atoms with van der Waals surface area (Å²) in [6.07, 6.45) is 6.07. The Kier molecular flexibility index (Phi) is 10.1. The standard InChI is InChI=1S/C27H39NO4S/c1-5-7-15-27(20-30,16-8-6-2)21-33(31,32)26-14-13-25(28(3)4)18-24(26)17-22-9-11-23(19-29)12-10-22/h9-14,18,20,29H,5-8,15-17,19,21H2,1-4H3. The predicted octanol–water partition coefficient (Wildman–Crippen LogP) is 5.18. The first-order valence-corrected chi connectivity index (χ1v) is 13.5. The van der Waals surface area contributed by atoms with Crippen molar-refractivity contribution in [3.05, 3.63) is 59.2 Å². The van der Waals surface area contributed by atoms with Crippen LogP contribution in [0.4, 0.5) is 5.69 Å². The molecule has 0 heterocycles. The van der Waals surface area contributed by atoms with Crippen LogP contribution in [0.2, 0.25) is 0 Å². The minimum atomic E-state index is -3.69. The zero-order valence-electron chi connectivity index (χ0n) is 20.5. The minimum Gasteiger partial charge on any atom is -0.392 e. The minimum absolute atomic E-state index is 0.0285. The SMILES string of the molecule is CCCCC(C=O)(CCCC)CS(=O)(=O)c1ccc(N(C)C)cc1Cc1ccc(CO)cc1. The first kappa shape index (κ1) is 27.1. The number of hydrogen-bond donors (Lipinski definition) is 1. The lowest BCUT2D eigenvalue weighted by molar-refractivity contribution is -0.116. The molecule has 0 radical (unpaired) electrons. The van der Waals surface area contributed by atoms with Crippen LogP contribution in [0.1, 0.15) is 69.1 Å². The molecule has 1 N–H and O–H groups in total. The van der Waals surface area contributed by atoms with Crippen molar-refractivity contribution in [1.82, 2.24) is 0 Å². The molecule has 0 aliphatic rings. The third kappa shape index (κ3) is 7.41. The lowest BCUT2D eigenvalue weighted by Gasteiger charge is -2.28. The van der Waals surface area contributed by atoms with Gasteiger partial charge in [0.05, 0.1) is 17.3 Å². The Morgan fingerprint density at radius 3 is 2.00 bits per heavy atom. The van der Waals surface area contributed by atoms with Crippen LogP contribution in [0.15, 0.2) is 47.4 Å². The fraction of sp³-hybridized carbons (Fsp3) is 0.519. The molecule has 6 heteroatoms. The van der Waals surface area contributed by atoms with Gasteiger partial charge in [0.15, 0.2) is 9.84 Å². The molecule has 182 valence electrons. The molecule has 0 saturated carbocycles. The number of rotatable bonds is 14. The van der Waals surface area contributed by atoms with Gasteiger partial charge >= 0.3 is 0 Å². The first-order chi connectivity index (χ1) is 15.7. The lowest BCUT2D eigenvalue weighted by Crippen LogP contribution is -2.32. The molecule has 0 aliphatic carbocycles. The summed E-state index contributed by atoms with van der Waals surface area (Å²) in [6, 6.07) is 13.0. The van der Waals surface area contributed by atoms with Crippen molar-refractivity contribution in [3.63, 3.8) is 0 Å². The van der Waals surface area contributed by atoms with Gasteiger partial charge in [0.1, 0.15) is 6.29 Å². The third-order valence-electron chi connectivity index (χ3n) is 6.28. The number of carbonyl (C=O) groups excluding carboxylic acids is 1. The maximum absolute atomic E-state index is 13.7. The van der Waals surface area contributed by atoms with Gasteiger partial charge in [0.2, 0.25) is 0 Å². The van der Waals surface area contributed by atoms with E-state index in [0.717, 1.165) is 54.3 Å². The quantitative estimate of drug-likeness (QED) is 0.383. The van der Waals surface area contributed by atoms with Crippen LogP contribution in [-0.4, -0.2) is 39.7 Å². The monoisotopic (exact) mass is 473 g/mol. The molecule has 2 rings (SSSR count). The summed E-state index contributed by atoms with van der Waals surface area (Å²) in [6.45, 7) is 4.09. The number of carbonyl (C=O) groups is 1. The molecule has 5 nitrogen and oxygen atoms in total. The van der Waals surface area contributed by atoms with Gasteiger partial charge in [-0.15, -0.1) is 0 Å². The summed E-state index contributed by atoms with van der Waals surface area (Å²) in [5.74, 6) is -0.152. The van der Waals surface area contributed by atoms with Crippen molar-refractivity contribution >= 4 is 21.8 Å². The van der Waals surface area contributed by atoms with Crippen molar-refractivity contribution in [1.29, 1.82) is 0 Å². The Hall–Kier alpha value is -2.18. The van der Waals surface area contributed by atoms with E-state index in [0.29, 0.717) is 24.2 Å². The van der Waals surface area contributed by atoms with E-state index in [2.05, 4.69) is 13.8 Å². The molecule has 0 amide bonds. The molecular weight excluding hydrogens is 434 g/mol. The lowest BCUT2D eigenvalue weighted by atomic mass is 9.81. The highest BCUT2D eigenvalue weighted by Gasteiger charge is 2.36. The highest BCUT2D eigenvalue weighted by Crippen LogP contribution is 2.35. The molecular formula is C27H39NO4S. The number of aldehydes is 1. The van der Waals surface area contributed by atoms with Gasteiger partial charge in [0, 0.05) is 25.2 Å². The number of hydrogen-bond acceptors (Lipinski definition) is 5. The average molecular weight is 474 g/mol. The van der Waals surface area contributed by atoms with Crippen molar-refractivity contribution in [2.24, 2.45) is 5.41 Å². The summed E-state index contributed by atoms with van der Waals surface area (Å²) in [5.41, 5.74) is 2.60. The molecule has 0 spiro atoms. The Morgan fingerprint density at radius 2 is 1.52 bits per heavy atom. The molecule has 0 atom stereocenters. The number of aliphatic hydroxyl groups excluding tert-OH is 1. The molecule has 0 aliphatic heterocycles. The maximum Gasteiger partial charge on any atom is 0.179 e. The summed E-state index contributed by atoms with van der Waals surface area (Å²) < 4.78 is 27.4. The smallest absolute Gasteiger partial charge is 0.179 e. The third-order valence-corrected chi connectivity index (χ3v) is 8.30. The fourth-order valence-electron chi connectivity index (χ4n) is 4.20. The van der Waals surface area contributed by atoms with Gasteiger partial charge in [0.25, 0.3) is 0 Å². The van der Waals surface area contributed by atoms with Crippen LogP contribution in [0.5, 0.6) is 0 Å². The van der Waals surface area contributed by atoms with Crippen LogP contribution in [0, 0.1) is 5.41 Å². The maximum atomic E-state index is 13.7. The molecule has 2 aromatic carbocycles. The van der Waals surface area contributed by atoms with Gasteiger partial charge in [-0.1, -0.05) is 63.8 Å². The van der Waals surface area contributed by atoms with E-state index in [1.165, 1.54) is 0 Å². The Bertz CT molecular complexity index is 989. The summed E-state index contributed by atoms with van der Waals surface area (Å²) in [7, 11) is 0.167. The van der Waals surface area contributed by atoms with E-state index >= 15 is 0 Å². The van der Waals surface area contributed by atoms with Gasteiger partial charge < -0.3 is 14.8 Å². The van der Waals surface area contributed by atoms with E-state index in [1.807, 2.05) is 55.4 Å². The molecule has 2 aromatic rings. The summed E-state index contributed by atoms with van der Waals surface area (Å²) in [4.78, 5) is 14.5. The van der Waals surface area contributed by atoms with Crippen molar-refractivity contribution in [2.75, 3.05) is 24.7 Å². The fourth-order valence-corrected chi connectivity index (χ4v) is 6.28. The van der Waals surface area contributed by atoms with Crippen molar-refractivity contribution in [3.8, 4) is 0 Å². The number of anilines is 1. The van der Waals surface area contributed by atoms with E-state index in [9.17, 15) is 18.3 Å². The second kappa shape index (κ2) is 12.3. The second-order valence-corrected chi connectivity index (χ2v) is 11.2. The Morgan fingerprint density at radius 1 is 0.939 bits per heavy atom. The largest absolute Gasteiger partial charge is 0.392 e. The van der Waals surface area contributed by atoms with Crippen LogP contribution in [0.3, 0.4) is 0 Å². The first-order valence-electron chi connectivity index (χ1n) is 11.9. The van der Waals surface area contributed by atoms with Crippen molar-refractivity contribution < 1.29 is 18.3 Å². The normalized spacial score (nSPS) is 12.0. The molecule has 0 unspecified atom stereocenters. The average Bonchev–Trinajstić information content (AvgIpc) is 2.81. The summed E-state index contributed by atoms with van der Waals surface area (Å²) in [5, 5.41) is 9.31. The molecule has 0 saturated heterocycles. The van der Waals surface area contributed by atoms with Crippen LogP contribution >= 0.6 is 0 Å². The molecule has 0 bridgehead atoms. The molecule has 0 fully saturated rings. The number of aliphatic hydroxyl groups is 1. The number of benzene rings is 2. The predicted molar refractivity (Wildman–Crippen MR) is 136 cm³/mol. The van der Waals surface area contributed by atoms with E-state index < -0.39 is 15.3 Å². The van der Waals surface area contributed by atoms with Crippen LogP contribution in [-0.2, 0) is 27.7 Å². The van der Waals surface area contributed by atoms with E-state index in [1.54, 1.807) is 6.07 Å². The molecule has 33 heavy (non-hydrogen) atoms. The van der Waals surface area contributed by atoms with Crippen molar-refractivity contribution in [2.45, 2.75) is 70.3 Å². The van der Waals surface area contributed by atoms with Gasteiger partial charge in [-0.25, -0.2) is 8.42 Å². The number of nitrogens with zero attached hydrogens (tertiary/aromatic N) is 1. The van der Waals surface area contributed by atoms with Crippen LogP contribution in [0.25, 0.3) is 0 Å². The Labute approximate surface area is 199 Å². The van der Waals surface area contributed by atoms with Gasteiger partial charge in [-0.3, -0.25) is 0 Å². The zero-order valence-corrected chi connectivity index (χ0v) is 21.3. The Balaban J connectivity index is 2.48. The topological polar surface area (TPSA) is 74.7 Å². The van der Waals surface area contributed by atoms with Gasteiger partial charge in [-0.2, -0.15) is 0 Å². The molecule has 0 aromatic heterocycles. The van der Waals surface area contributed by atoms with E-state index in [4.69, 9.17) is 0 Å².